The summed E-state index contributed by atoms with van der Waals surface area (Å²) in [6.07, 6.45) is 9.23. The molecule has 34 heavy (non-hydrogen) atoms. The number of pyridine rings is 1. The summed E-state index contributed by atoms with van der Waals surface area (Å²) in [6.45, 7) is 4.50. The van der Waals surface area contributed by atoms with Crippen LogP contribution in [0.4, 0.5) is 0 Å². The third-order valence-electron chi connectivity index (χ3n) is 9.77. The molecule has 3 aliphatic rings. The standard InChI is InChI=1S/C32H30N2/c1-20-9-7-10-22(19-20)27-29-32-16-6-5-15-31(32,17-8-18-32)25-14-13-21(2)26-23-11-3-4-12-24(23)30(33-27)34(29)28(25)26/h3-4,7,9-14,19H,5-6,8,15-18H2,1-2H3. The van der Waals surface area contributed by atoms with E-state index in [4.69, 9.17) is 4.98 Å². The smallest absolute Gasteiger partial charge is 0.146 e. The van der Waals surface area contributed by atoms with Crippen LogP contribution in [0.25, 0.3) is 38.6 Å². The largest absolute Gasteiger partial charge is 0.295 e. The molecule has 0 saturated heterocycles. The number of nitrogens with zero attached hydrogens (tertiary/aromatic N) is 2. The van der Waals surface area contributed by atoms with Crippen LogP contribution in [0.15, 0.2) is 60.7 Å². The van der Waals surface area contributed by atoms with E-state index in [0.717, 1.165) is 5.65 Å². The van der Waals surface area contributed by atoms with E-state index in [-0.39, 0.29) is 10.8 Å². The lowest BCUT2D eigenvalue weighted by Crippen LogP contribution is -2.50. The highest BCUT2D eigenvalue weighted by molar-refractivity contribution is 6.15. The zero-order chi connectivity index (χ0) is 22.7. The van der Waals surface area contributed by atoms with Crippen LogP contribution in [0.1, 0.15) is 67.3 Å². The number of aryl methyl sites for hydroxylation is 2. The Bertz CT molecular complexity index is 1670. The lowest BCUT2D eigenvalue weighted by Gasteiger charge is -2.53. The van der Waals surface area contributed by atoms with Gasteiger partial charge in [-0.15, -0.1) is 0 Å². The SMILES string of the molecule is Cc1cccc(-c2nc3c4ccccc4c4c(C)ccc5c4n3c2C23CCCCC52CCC3)c1. The van der Waals surface area contributed by atoms with Crippen LogP contribution in [-0.2, 0) is 10.8 Å². The van der Waals surface area contributed by atoms with E-state index in [0.29, 0.717) is 0 Å². The van der Waals surface area contributed by atoms with Crippen molar-refractivity contribution in [2.24, 2.45) is 0 Å². The van der Waals surface area contributed by atoms with Gasteiger partial charge in [0.15, 0.2) is 0 Å². The summed E-state index contributed by atoms with van der Waals surface area (Å²) in [5.41, 5.74) is 11.4. The van der Waals surface area contributed by atoms with E-state index in [1.165, 1.54) is 94.7 Å². The molecular weight excluding hydrogens is 412 g/mol. The molecule has 0 spiro atoms. The van der Waals surface area contributed by atoms with Crippen LogP contribution in [0.5, 0.6) is 0 Å². The first kappa shape index (κ1) is 19.2. The van der Waals surface area contributed by atoms with Crippen molar-refractivity contribution in [1.29, 1.82) is 0 Å². The first-order chi connectivity index (χ1) is 16.6. The Kier molecular flexibility index (Phi) is 3.56. The van der Waals surface area contributed by atoms with Gasteiger partial charge in [0, 0.05) is 27.2 Å². The van der Waals surface area contributed by atoms with E-state index >= 15 is 0 Å². The molecule has 0 amide bonds. The second-order valence-corrected chi connectivity index (χ2v) is 11.3. The molecule has 3 heterocycles. The summed E-state index contributed by atoms with van der Waals surface area (Å²) >= 11 is 0. The number of benzene rings is 3. The lowest BCUT2D eigenvalue weighted by atomic mass is 9.52. The minimum absolute atomic E-state index is 0.196. The van der Waals surface area contributed by atoms with Crippen LogP contribution in [-0.4, -0.2) is 9.38 Å². The molecule has 2 heteroatoms. The summed E-state index contributed by atoms with van der Waals surface area (Å²) in [7, 11) is 0. The number of imidazole rings is 1. The molecule has 5 aromatic rings. The first-order valence-corrected chi connectivity index (χ1v) is 13.1. The van der Waals surface area contributed by atoms with Crippen molar-refractivity contribution in [3.05, 3.63) is 83.0 Å². The highest BCUT2D eigenvalue weighted by atomic mass is 15.1. The maximum Gasteiger partial charge on any atom is 0.146 e. The molecule has 0 bridgehead atoms. The second-order valence-electron chi connectivity index (χ2n) is 11.3. The number of rotatable bonds is 1. The molecule has 2 fully saturated rings. The highest BCUT2D eigenvalue weighted by Crippen LogP contribution is 2.67. The average Bonchev–Trinajstić information content (AvgIpc) is 3.45. The summed E-state index contributed by atoms with van der Waals surface area (Å²) in [6, 6.07) is 22.9. The minimum atomic E-state index is 0.196. The van der Waals surface area contributed by atoms with Gasteiger partial charge in [-0.05, 0) is 62.1 Å². The Morgan fingerprint density at radius 1 is 0.765 bits per heavy atom. The third kappa shape index (κ3) is 2.04. The Morgan fingerprint density at radius 3 is 2.38 bits per heavy atom. The fraction of sp³-hybridized carbons (Fsp3) is 0.344. The van der Waals surface area contributed by atoms with Crippen molar-refractivity contribution in [3.8, 4) is 11.3 Å². The van der Waals surface area contributed by atoms with Gasteiger partial charge in [0.2, 0.25) is 0 Å². The van der Waals surface area contributed by atoms with Gasteiger partial charge in [-0.1, -0.05) is 79.4 Å². The molecular formula is C32H30N2. The Hall–Kier alpha value is -3.13. The van der Waals surface area contributed by atoms with Crippen molar-refractivity contribution in [1.82, 2.24) is 9.38 Å². The Labute approximate surface area is 200 Å². The number of hydrogen-bond donors (Lipinski definition) is 0. The second kappa shape index (κ2) is 6.30. The van der Waals surface area contributed by atoms with E-state index < -0.39 is 0 Å². The number of fused-ring (bicyclic) bond motifs is 3. The first-order valence-electron chi connectivity index (χ1n) is 13.1. The fourth-order valence-corrected chi connectivity index (χ4v) is 8.54. The maximum absolute atomic E-state index is 5.54. The number of aromatic nitrogens is 2. The molecule has 2 atom stereocenters. The van der Waals surface area contributed by atoms with Crippen LogP contribution in [0.2, 0.25) is 0 Å². The molecule has 2 unspecified atom stereocenters. The van der Waals surface area contributed by atoms with Gasteiger partial charge in [-0.25, -0.2) is 4.98 Å². The zero-order valence-electron chi connectivity index (χ0n) is 20.1. The molecule has 1 aliphatic heterocycles. The molecule has 0 N–H and O–H groups in total. The molecule has 3 aromatic carbocycles. The lowest BCUT2D eigenvalue weighted by molar-refractivity contribution is 0.163. The molecule has 0 radical (unpaired) electrons. The molecule has 2 aromatic heterocycles. The topological polar surface area (TPSA) is 17.3 Å². The van der Waals surface area contributed by atoms with Gasteiger partial charge >= 0.3 is 0 Å². The summed E-state index contributed by atoms with van der Waals surface area (Å²) in [5, 5.41) is 4.08. The van der Waals surface area contributed by atoms with Crippen LogP contribution >= 0.6 is 0 Å². The molecule has 2 aliphatic carbocycles. The fourth-order valence-electron chi connectivity index (χ4n) is 8.54. The number of hydrogen-bond acceptors (Lipinski definition) is 1. The van der Waals surface area contributed by atoms with Gasteiger partial charge in [0.1, 0.15) is 5.65 Å². The van der Waals surface area contributed by atoms with E-state index in [2.05, 4.69) is 78.9 Å². The zero-order valence-corrected chi connectivity index (χ0v) is 20.1. The summed E-state index contributed by atoms with van der Waals surface area (Å²) < 4.78 is 2.65. The molecule has 2 saturated carbocycles. The summed E-state index contributed by atoms with van der Waals surface area (Å²) in [4.78, 5) is 5.54. The monoisotopic (exact) mass is 442 g/mol. The normalized spacial score (nSPS) is 25.4. The van der Waals surface area contributed by atoms with E-state index in [1.807, 2.05) is 0 Å². The van der Waals surface area contributed by atoms with Gasteiger partial charge in [-0.3, -0.25) is 4.40 Å². The van der Waals surface area contributed by atoms with Crippen molar-refractivity contribution in [2.45, 2.75) is 69.6 Å². The van der Waals surface area contributed by atoms with Crippen molar-refractivity contribution >= 4 is 27.3 Å². The summed E-state index contributed by atoms with van der Waals surface area (Å²) in [5.74, 6) is 0. The van der Waals surface area contributed by atoms with Crippen molar-refractivity contribution in [3.63, 3.8) is 0 Å². The van der Waals surface area contributed by atoms with Crippen LogP contribution in [0, 0.1) is 13.8 Å². The Balaban J connectivity index is 1.69. The highest BCUT2D eigenvalue weighted by Gasteiger charge is 2.61. The predicted octanol–water partition coefficient (Wildman–Crippen LogP) is 8.17. The predicted molar refractivity (Wildman–Crippen MR) is 141 cm³/mol. The third-order valence-corrected chi connectivity index (χ3v) is 9.77. The van der Waals surface area contributed by atoms with Gasteiger partial charge in [-0.2, -0.15) is 0 Å². The van der Waals surface area contributed by atoms with E-state index in [1.54, 1.807) is 5.56 Å². The maximum atomic E-state index is 5.54. The minimum Gasteiger partial charge on any atom is -0.295 e. The van der Waals surface area contributed by atoms with E-state index in [9.17, 15) is 0 Å². The van der Waals surface area contributed by atoms with Gasteiger partial charge in [0.05, 0.1) is 16.9 Å². The van der Waals surface area contributed by atoms with Crippen LogP contribution in [0.3, 0.4) is 0 Å². The van der Waals surface area contributed by atoms with Gasteiger partial charge in [0.25, 0.3) is 0 Å². The average molecular weight is 443 g/mol. The van der Waals surface area contributed by atoms with Crippen molar-refractivity contribution < 1.29 is 0 Å². The quantitative estimate of drug-likeness (QED) is 0.239. The molecule has 8 rings (SSSR count). The molecule has 2 nitrogen and oxygen atoms in total. The van der Waals surface area contributed by atoms with Crippen LogP contribution < -0.4 is 0 Å². The van der Waals surface area contributed by atoms with Crippen molar-refractivity contribution in [2.75, 3.05) is 0 Å². The Morgan fingerprint density at radius 2 is 1.53 bits per heavy atom. The molecule has 168 valence electrons. The van der Waals surface area contributed by atoms with Gasteiger partial charge < -0.3 is 0 Å².